The van der Waals surface area contributed by atoms with Crippen LogP contribution < -0.4 is 15.4 Å². The SMILES string of the molecule is CC(C)C(=O)Nc1cc(C(=O)NCc2cnc(OCC(F)(F)F)c(Br)c2)ccn1. The van der Waals surface area contributed by atoms with Gasteiger partial charge < -0.3 is 15.4 Å². The van der Waals surface area contributed by atoms with Gasteiger partial charge in [-0.2, -0.15) is 13.2 Å². The molecule has 2 N–H and O–H groups in total. The van der Waals surface area contributed by atoms with Crippen LogP contribution in [0, 0.1) is 5.92 Å². The molecule has 0 radical (unpaired) electrons. The van der Waals surface area contributed by atoms with E-state index in [0.717, 1.165) is 0 Å². The average molecular weight is 475 g/mol. The lowest BCUT2D eigenvalue weighted by Crippen LogP contribution is -2.24. The maximum Gasteiger partial charge on any atom is 0.422 e. The van der Waals surface area contributed by atoms with Crippen LogP contribution in [0.4, 0.5) is 19.0 Å². The predicted octanol–water partition coefficient (Wildman–Crippen LogP) is 3.70. The Morgan fingerprint density at radius 1 is 1.24 bits per heavy atom. The summed E-state index contributed by atoms with van der Waals surface area (Å²) in [5, 5.41) is 5.27. The van der Waals surface area contributed by atoms with Gasteiger partial charge in [0.2, 0.25) is 11.8 Å². The van der Waals surface area contributed by atoms with Gasteiger partial charge >= 0.3 is 6.18 Å². The number of halogens is 4. The van der Waals surface area contributed by atoms with Crippen molar-refractivity contribution in [2.45, 2.75) is 26.6 Å². The molecule has 0 unspecified atom stereocenters. The molecule has 2 amide bonds. The molecule has 0 aromatic carbocycles. The Morgan fingerprint density at radius 2 is 1.97 bits per heavy atom. The summed E-state index contributed by atoms with van der Waals surface area (Å²) in [5.74, 6) is -0.813. The van der Waals surface area contributed by atoms with Gasteiger partial charge in [0, 0.05) is 30.4 Å². The highest BCUT2D eigenvalue weighted by atomic mass is 79.9. The molecule has 156 valence electrons. The molecule has 7 nitrogen and oxygen atoms in total. The van der Waals surface area contributed by atoms with E-state index < -0.39 is 18.7 Å². The number of carbonyl (C=O) groups is 2. The number of rotatable bonds is 7. The number of ether oxygens (including phenoxy) is 1. The van der Waals surface area contributed by atoms with E-state index in [1.807, 2.05) is 0 Å². The van der Waals surface area contributed by atoms with Crippen LogP contribution in [0.3, 0.4) is 0 Å². The van der Waals surface area contributed by atoms with Crippen molar-refractivity contribution in [2.24, 2.45) is 5.92 Å². The third-order valence-electron chi connectivity index (χ3n) is 3.49. The summed E-state index contributed by atoms with van der Waals surface area (Å²) in [6.45, 7) is 2.10. The van der Waals surface area contributed by atoms with Crippen molar-refractivity contribution >= 4 is 33.6 Å². The molecule has 0 aliphatic rings. The molecule has 0 aliphatic carbocycles. The number of pyridine rings is 2. The average Bonchev–Trinajstić information content (AvgIpc) is 2.64. The van der Waals surface area contributed by atoms with Gasteiger partial charge in [0.25, 0.3) is 5.91 Å². The van der Waals surface area contributed by atoms with E-state index in [1.54, 1.807) is 13.8 Å². The second kappa shape index (κ2) is 9.68. The van der Waals surface area contributed by atoms with Gasteiger partial charge in [0.05, 0.1) is 4.47 Å². The fourth-order valence-corrected chi connectivity index (χ4v) is 2.52. The summed E-state index contributed by atoms with van der Waals surface area (Å²) < 4.78 is 41.5. The summed E-state index contributed by atoms with van der Waals surface area (Å²) in [7, 11) is 0. The number of alkyl halides is 3. The molecule has 0 spiro atoms. The van der Waals surface area contributed by atoms with Crippen LogP contribution >= 0.6 is 15.9 Å². The zero-order valence-corrected chi connectivity index (χ0v) is 17.1. The molecule has 2 rings (SSSR count). The molecular formula is C18H18BrF3N4O3. The van der Waals surface area contributed by atoms with Gasteiger partial charge in [0.1, 0.15) is 5.82 Å². The number of hydrogen-bond acceptors (Lipinski definition) is 5. The molecule has 2 heterocycles. The zero-order chi connectivity index (χ0) is 21.6. The van der Waals surface area contributed by atoms with E-state index in [9.17, 15) is 22.8 Å². The highest BCUT2D eigenvalue weighted by Crippen LogP contribution is 2.25. The normalized spacial score (nSPS) is 11.3. The monoisotopic (exact) mass is 474 g/mol. The maximum absolute atomic E-state index is 12.3. The smallest absolute Gasteiger partial charge is 0.422 e. The molecular weight excluding hydrogens is 457 g/mol. The molecule has 2 aromatic heterocycles. The fraction of sp³-hybridized carbons (Fsp3) is 0.333. The van der Waals surface area contributed by atoms with Crippen LogP contribution in [0.5, 0.6) is 5.88 Å². The molecule has 0 saturated heterocycles. The number of nitrogens with zero attached hydrogens (tertiary/aromatic N) is 2. The number of carbonyl (C=O) groups excluding carboxylic acids is 2. The van der Waals surface area contributed by atoms with Crippen molar-refractivity contribution in [1.82, 2.24) is 15.3 Å². The van der Waals surface area contributed by atoms with Crippen molar-refractivity contribution in [1.29, 1.82) is 0 Å². The molecule has 0 fully saturated rings. The minimum absolute atomic E-state index is 0.0833. The van der Waals surface area contributed by atoms with Crippen LogP contribution in [0.15, 0.2) is 35.1 Å². The molecule has 0 saturated carbocycles. The van der Waals surface area contributed by atoms with Gasteiger partial charge in [-0.25, -0.2) is 9.97 Å². The first-order chi connectivity index (χ1) is 13.5. The summed E-state index contributed by atoms with van der Waals surface area (Å²) >= 11 is 3.09. The Morgan fingerprint density at radius 3 is 2.59 bits per heavy atom. The topological polar surface area (TPSA) is 93.2 Å². The van der Waals surface area contributed by atoms with Gasteiger partial charge in [0.15, 0.2) is 6.61 Å². The van der Waals surface area contributed by atoms with Crippen LogP contribution in [-0.4, -0.2) is 34.6 Å². The largest absolute Gasteiger partial charge is 0.467 e. The number of hydrogen-bond donors (Lipinski definition) is 2. The van der Waals surface area contributed by atoms with Crippen molar-refractivity contribution in [3.63, 3.8) is 0 Å². The van der Waals surface area contributed by atoms with Gasteiger partial charge in [-0.3, -0.25) is 9.59 Å². The summed E-state index contributed by atoms with van der Waals surface area (Å²) in [6.07, 6.45) is -1.76. The Labute approximate surface area is 173 Å². The maximum atomic E-state index is 12.3. The standard InChI is InChI=1S/C18H18BrF3N4O3/c1-10(2)15(27)26-14-6-12(3-4-23-14)16(28)24-7-11-5-13(19)17(25-8-11)29-9-18(20,21)22/h3-6,8,10H,7,9H2,1-2H3,(H,24,28)(H,23,26,27). The summed E-state index contributed by atoms with van der Waals surface area (Å²) in [6, 6.07) is 4.43. The molecule has 11 heteroatoms. The first-order valence-electron chi connectivity index (χ1n) is 8.44. The summed E-state index contributed by atoms with van der Waals surface area (Å²) in [4.78, 5) is 31.9. The molecule has 0 bridgehead atoms. The van der Waals surface area contributed by atoms with Gasteiger partial charge in [-0.05, 0) is 39.7 Å². The van der Waals surface area contributed by atoms with E-state index in [4.69, 9.17) is 0 Å². The summed E-state index contributed by atoms with van der Waals surface area (Å²) in [5.41, 5.74) is 0.836. The minimum atomic E-state index is -4.47. The lowest BCUT2D eigenvalue weighted by atomic mass is 10.2. The fourth-order valence-electron chi connectivity index (χ4n) is 2.01. The Bertz CT molecular complexity index is 891. The first kappa shape index (κ1) is 22.6. The third-order valence-corrected chi connectivity index (χ3v) is 4.06. The van der Waals surface area contributed by atoms with E-state index >= 15 is 0 Å². The van der Waals surface area contributed by atoms with E-state index in [0.29, 0.717) is 5.56 Å². The van der Waals surface area contributed by atoms with E-state index in [-0.39, 0.29) is 40.1 Å². The Balaban J connectivity index is 1.97. The highest BCUT2D eigenvalue weighted by Gasteiger charge is 2.29. The van der Waals surface area contributed by atoms with Crippen LogP contribution in [0.2, 0.25) is 0 Å². The van der Waals surface area contributed by atoms with Crippen LogP contribution in [0.1, 0.15) is 29.8 Å². The number of amides is 2. The van der Waals surface area contributed by atoms with Crippen LogP contribution in [0.25, 0.3) is 0 Å². The van der Waals surface area contributed by atoms with Crippen molar-refractivity contribution in [3.05, 3.63) is 46.2 Å². The lowest BCUT2D eigenvalue weighted by Gasteiger charge is -2.11. The quantitative estimate of drug-likeness (QED) is 0.637. The van der Waals surface area contributed by atoms with Gasteiger partial charge in [-0.1, -0.05) is 13.8 Å². The molecule has 29 heavy (non-hydrogen) atoms. The van der Waals surface area contributed by atoms with Crippen molar-refractivity contribution in [3.8, 4) is 5.88 Å². The Hall–Kier alpha value is -2.69. The third kappa shape index (κ3) is 7.33. The second-order valence-corrected chi connectivity index (χ2v) is 7.15. The zero-order valence-electron chi connectivity index (χ0n) is 15.5. The number of anilines is 1. The van der Waals surface area contributed by atoms with Crippen LogP contribution in [-0.2, 0) is 11.3 Å². The molecule has 0 aliphatic heterocycles. The van der Waals surface area contributed by atoms with Crippen molar-refractivity contribution < 1.29 is 27.5 Å². The highest BCUT2D eigenvalue weighted by molar-refractivity contribution is 9.10. The van der Waals surface area contributed by atoms with Crippen molar-refractivity contribution in [2.75, 3.05) is 11.9 Å². The number of aromatic nitrogens is 2. The Kier molecular flexibility index (Phi) is 7.54. The number of nitrogens with one attached hydrogen (secondary N) is 2. The predicted molar refractivity (Wildman–Crippen MR) is 102 cm³/mol. The second-order valence-electron chi connectivity index (χ2n) is 6.29. The minimum Gasteiger partial charge on any atom is -0.467 e. The van der Waals surface area contributed by atoms with Gasteiger partial charge in [-0.15, -0.1) is 0 Å². The molecule has 0 atom stereocenters. The first-order valence-corrected chi connectivity index (χ1v) is 9.23. The van der Waals surface area contributed by atoms with E-state index in [1.165, 1.54) is 30.6 Å². The van der Waals surface area contributed by atoms with E-state index in [2.05, 4.69) is 41.3 Å². The molecule has 2 aromatic rings. The lowest BCUT2D eigenvalue weighted by molar-refractivity contribution is -0.154.